The Kier molecular flexibility index (Phi) is 4.19. The van der Waals surface area contributed by atoms with Gasteiger partial charge in [0.15, 0.2) is 17.3 Å². The molecule has 2 aromatic carbocycles. The normalized spacial score (nSPS) is 12.9. The highest BCUT2D eigenvalue weighted by atomic mass is 79.9. The van der Waals surface area contributed by atoms with Crippen LogP contribution in [0.1, 0.15) is 56.2 Å². The maximum atomic E-state index is 13.2. The molecule has 3 aromatic rings. The molecule has 0 bridgehead atoms. The second kappa shape index (κ2) is 6.43. The van der Waals surface area contributed by atoms with Gasteiger partial charge < -0.3 is 4.42 Å². The number of carbonyl (C=O) groups excluding carboxylic acids is 3. The summed E-state index contributed by atoms with van der Waals surface area (Å²) in [5, 5.41) is 0. The van der Waals surface area contributed by atoms with Gasteiger partial charge in [0.25, 0.3) is 0 Å². The van der Waals surface area contributed by atoms with Gasteiger partial charge in [0.2, 0.25) is 5.78 Å². The molecule has 0 spiro atoms. The molecule has 0 saturated carbocycles. The summed E-state index contributed by atoms with van der Waals surface area (Å²) in [6, 6.07) is 13.9. The number of fused-ring (bicyclic) bond motifs is 2. The molecule has 0 unspecified atom stereocenters. The third kappa shape index (κ3) is 2.70. The summed E-state index contributed by atoms with van der Waals surface area (Å²) in [7, 11) is 0. The first-order chi connectivity index (χ1) is 12.9. The number of rotatable bonds is 3. The van der Waals surface area contributed by atoms with E-state index in [1.807, 2.05) is 12.1 Å². The van der Waals surface area contributed by atoms with Crippen LogP contribution in [0.25, 0.3) is 11.3 Å². The first kappa shape index (κ1) is 17.6. The topological polar surface area (TPSA) is 64.3 Å². The Bertz CT molecular complexity index is 1100. The van der Waals surface area contributed by atoms with Crippen LogP contribution in [0.3, 0.4) is 0 Å². The van der Waals surface area contributed by atoms with E-state index < -0.39 is 0 Å². The third-order valence-electron chi connectivity index (χ3n) is 4.63. The second-order valence-electron chi connectivity index (χ2n) is 6.74. The van der Waals surface area contributed by atoms with Crippen LogP contribution in [-0.2, 0) is 0 Å². The maximum Gasteiger partial charge on any atom is 0.201 e. The number of Topliss-reactive ketones (excluding diaryl/α,β-unsaturated/α-hetero) is 1. The predicted octanol–water partition coefficient (Wildman–Crippen LogP) is 5.32. The van der Waals surface area contributed by atoms with E-state index in [1.54, 1.807) is 50.2 Å². The number of furan rings is 1. The summed E-state index contributed by atoms with van der Waals surface area (Å²) >= 11 is 3.38. The number of halogens is 1. The highest BCUT2D eigenvalue weighted by molar-refractivity contribution is 9.10. The molecular weight excluding hydrogens is 408 g/mol. The molecule has 0 fully saturated rings. The van der Waals surface area contributed by atoms with Crippen molar-refractivity contribution in [3.63, 3.8) is 0 Å². The predicted molar refractivity (Wildman–Crippen MR) is 104 cm³/mol. The standard InChI is InChI=1S/C22H15BrO4/c1-11(2)18(24)22-17-16(21(27-22)12-7-9-13(23)10-8-12)19(25)14-5-3-4-6-15(14)20(17)26/h3-11H,1-2H3. The maximum absolute atomic E-state index is 13.2. The fourth-order valence-corrected chi connectivity index (χ4v) is 3.52. The molecule has 4 rings (SSSR count). The van der Waals surface area contributed by atoms with Crippen LogP contribution >= 0.6 is 15.9 Å². The van der Waals surface area contributed by atoms with Gasteiger partial charge in [-0.2, -0.15) is 0 Å². The van der Waals surface area contributed by atoms with Gasteiger partial charge in [0.05, 0.1) is 11.1 Å². The minimum absolute atomic E-state index is 0.0363. The zero-order valence-electron chi connectivity index (χ0n) is 14.7. The van der Waals surface area contributed by atoms with E-state index in [0.717, 1.165) is 4.47 Å². The van der Waals surface area contributed by atoms with E-state index in [2.05, 4.69) is 15.9 Å². The Labute approximate surface area is 164 Å². The van der Waals surface area contributed by atoms with Crippen molar-refractivity contribution in [2.24, 2.45) is 5.92 Å². The van der Waals surface area contributed by atoms with Gasteiger partial charge in [-0.3, -0.25) is 14.4 Å². The average molecular weight is 423 g/mol. The minimum Gasteiger partial charge on any atom is -0.451 e. The molecular formula is C22H15BrO4. The number of hydrogen-bond donors (Lipinski definition) is 0. The minimum atomic E-state index is -0.363. The van der Waals surface area contributed by atoms with Crippen molar-refractivity contribution in [3.05, 3.63) is 81.0 Å². The van der Waals surface area contributed by atoms with E-state index in [1.165, 1.54) is 0 Å². The van der Waals surface area contributed by atoms with Gasteiger partial charge in [-0.15, -0.1) is 0 Å². The molecule has 1 aromatic heterocycles. The Morgan fingerprint density at radius 1 is 0.889 bits per heavy atom. The Hall–Kier alpha value is -2.79. The van der Waals surface area contributed by atoms with E-state index >= 15 is 0 Å². The summed E-state index contributed by atoms with van der Waals surface area (Å²) in [6.45, 7) is 3.47. The van der Waals surface area contributed by atoms with Crippen LogP contribution in [0.2, 0.25) is 0 Å². The highest BCUT2D eigenvalue weighted by Crippen LogP contribution is 2.39. The van der Waals surface area contributed by atoms with Gasteiger partial charge in [-0.05, 0) is 12.1 Å². The van der Waals surface area contributed by atoms with E-state index in [0.29, 0.717) is 16.7 Å². The lowest BCUT2D eigenvalue weighted by molar-refractivity contribution is 0.0901. The van der Waals surface area contributed by atoms with E-state index in [4.69, 9.17) is 4.42 Å². The molecule has 1 aliphatic carbocycles. The molecule has 0 radical (unpaired) electrons. The molecule has 0 atom stereocenters. The van der Waals surface area contributed by atoms with E-state index in [-0.39, 0.29) is 45.9 Å². The fourth-order valence-electron chi connectivity index (χ4n) is 3.25. The SMILES string of the molecule is CC(C)C(=O)c1oc(-c2ccc(Br)cc2)c2c1C(=O)c1ccccc1C2=O. The summed E-state index contributed by atoms with van der Waals surface area (Å²) in [4.78, 5) is 39.0. The fraction of sp³-hybridized carbons (Fsp3) is 0.136. The van der Waals surface area contributed by atoms with Crippen molar-refractivity contribution in [1.29, 1.82) is 0 Å². The van der Waals surface area contributed by atoms with Crippen LogP contribution < -0.4 is 0 Å². The van der Waals surface area contributed by atoms with Crippen molar-refractivity contribution in [3.8, 4) is 11.3 Å². The van der Waals surface area contributed by atoms with Gasteiger partial charge in [0.1, 0.15) is 5.76 Å². The first-order valence-corrected chi connectivity index (χ1v) is 9.34. The van der Waals surface area contributed by atoms with E-state index in [9.17, 15) is 14.4 Å². The molecule has 0 aliphatic heterocycles. The molecule has 0 saturated heterocycles. The average Bonchev–Trinajstić information content (AvgIpc) is 3.07. The third-order valence-corrected chi connectivity index (χ3v) is 5.16. The Morgan fingerprint density at radius 3 is 2.00 bits per heavy atom. The number of ketones is 3. The highest BCUT2D eigenvalue weighted by Gasteiger charge is 2.39. The largest absolute Gasteiger partial charge is 0.451 e. The van der Waals surface area contributed by atoms with Crippen molar-refractivity contribution in [2.75, 3.05) is 0 Å². The smallest absolute Gasteiger partial charge is 0.201 e. The summed E-state index contributed by atoms with van der Waals surface area (Å²) < 4.78 is 6.76. The van der Waals surface area contributed by atoms with Gasteiger partial charge >= 0.3 is 0 Å². The Balaban J connectivity index is 2.03. The molecule has 5 heteroatoms. The number of carbonyl (C=O) groups is 3. The molecule has 1 heterocycles. The second-order valence-corrected chi connectivity index (χ2v) is 7.66. The van der Waals surface area contributed by atoms with Gasteiger partial charge in [0, 0.05) is 27.1 Å². The van der Waals surface area contributed by atoms with Crippen molar-refractivity contribution in [1.82, 2.24) is 0 Å². The van der Waals surface area contributed by atoms with Crippen LogP contribution in [0.4, 0.5) is 0 Å². The zero-order chi connectivity index (χ0) is 19.3. The molecule has 1 aliphatic rings. The molecule has 0 amide bonds. The van der Waals surface area contributed by atoms with Crippen molar-refractivity contribution < 1.29 is 18.8 Å². The monoisotopic (exact) mass is 422 g/mol. The quantitative estimate of drug-likeness (QED) is 0.418. The first-order valence-electron chi connectivity index (χ1n) is 8.55. The summed E-state index contributed by atoms with van der Waals surface area (Å²) in [5.74, 6) is -1.09. The summed E-state index contributed by atoms with van der Waals surface area (Å²) in [5.41, 5.74) is 1.52. The summed E-state index contributed by atoms with van der Waals surface area (Å²) in [6.07, 6.45) is 0. The van der Waals surface area contributed by atoms with Gasteiger partial charge in [-0.25, -0.2) is 0 Å². The lowest BCUT2D eigenvalue weighted by Gasteiger charge is -2.15. The number of benzene rings is 2. The molecule has 4 nitrogen and oxygen atoms in total. The lowest BCUT2D eigenvalue weighted by atomic mass is 9.82. The number of hydrogen-bond acceptors (Lipinski definition) is 4. The van der Waals surface area contributed by atoms with Crippen LogP contribution in [0.5, 0.6) is 0 Å². The van der Waals surface area contributed by atoms with Crippen molar-refractivity contribution >= 4 is 33.3 Å². The van der Waals surface area contributed by atoms with Crippen molar-refractivity contribution in [2.45, 2.75) is 13.8 Å². The zero-order valence-corrected chi connectivity index (χ0v) is 16.3. The van der Waals surface area contributed by atoms with Crippen LogP contribution in [0, 0.1) is 5.92 Å². The molecule has 27 heavy (non-hydrogen) atoms. The van der Waals surface area contributed by atoms with Crippen LogP contribution in [0.15, 0.2) is 57.4 Å². The molecule has 0 N–H and O–H groups in total. The molecule has 134 valence electrons. The van der Waals surface area contributed by atoms with Crippen LogP contribution in [-0.4, -0.2) is 17.3 Å². The Morgan fingerprint density at radius 2 is 1.44 bits per heavy atom. The lowest BCUT2D eigenvalue weighted by Crippen LogP contribution is -2.22. The van der Waals surface area contributed by atoms with Gasteiger partial charge in [-0.1, -0.05) is 66.2 Å².